The molecular weight excluding hydrogens is 454 g/mol. The summed E-state index contributed by atoms with van der Waals surface area (Å²) in [6.45, 7) is 4.88. The molecule has 3 aromatic heterocycles. The topological polar surface area (TPSA) is 101 Å². The maximum Gasteiger partial charge on any atom is 0.267 e. The third-order valence-electron chi connectivity index (χ3n) is 6.44. The Hall–Kier alpha value is -3.94. The number of hydrogen-bond acceptors (Lipinski definition) is 5. The van der Waals surface area contributed by atoms with Crippen LogP contribution >= 0.6 is 0 Å². The molecule has 2 N–H and O–H groups in total. The summed E-state index contributed by atoms with van der Waals surface area (Å²) in [6, 6.07) is 12.7. The van der Waals surface area contributed by atoms with Crippen molar-refractivity contribution >= 4 is 22.6 Å². The number of amides is 1. The average molecular weight is 488 g/mol. The van der Waals surface area contributed by atoms with Crippen molar-refractivity contribution in [2.45, 2.75) is 52.5 Å². The van der Waals surface area contributed by atoms with Gasteiger partial charge in [-0.1, -0.05) is 50.8 Å². The van der Waals surface area contributed by atoms with E-state index in [4.69, 9.17) is 15.1 Å². The zero-order chi connectivity index (χ0) is 25.7. The summed E-state index contributed by atoms with van der Waals surface area (Å²) in [7, 11) is 1.61. The second-order valence-electron chi connectivity index (χ2n) is 9.05. The summed E-state index contributed by atoms with van der Waals surface area (Å²) in [6.07, 6.45) is 7.10. The van der Waals surface area contributed by atoms with Crippen molar-refractivity contribution < 1.29 is 9.53 Å². The lowest BCUT2D eigenvalue weighted by Crippen LogP contribution is -2.35. The molecule has 4 aromatic rings. The van der Waals surface area contributed by atoms with E-state index in [0.717, 1.165) is 42.6 Å². The van der Waals surface area contributed by atoms with Gasteiger partial charge in [0, 0.05) is 12.7 Å². The van der Waals surface area contributed by atoms with Crippen LogP contribution < -0.4 is 21.1 Å². The van der Waals surface area contributed by atoms with E-state index >= 15 is 0 Å². The van der Waals surface area contributed by atoms with E-state index in [2.05, 4.69) is 12.2 Å². The Labute approximate surface area is 210 Å². The maximum absolute atomic E-state index is 13.5. The molecule has 0 spiro atoms. The Bertz CT molecular complexity index is 1500. The maximum atomic E-state index is 13.5. The molecule has 0 saturated carbocycles. The largest absolute Gasteiger partial charge is 0.497 e. The molecule has 0 aliphatic rings. The molecule has 36 heavy (non-hydrogen) atoms. The quantitative estimate of drug-likeness (QED) is 0.259. The Balaban J connectivity index is 1.80. The molecule has 3 heterocycles. The van der Waals surface area contributed by atoms with Gasteiger partial charge in [0.2, 0.25) is 0 Å². The van der Waals surface area contributed by atoms with E-state index < -0.39 is 0 Å². The minimum atomic E-state index is -0.352. The van der Waals surface area contributed by atoms with Gasteiger partial charge < -0.3 is 14.6 Å². The van der Waals surface area contributed by atoms with Crippen molar-refractivity contribution in [3.8, 4) is 5.75 Å². The first-order valence-electron chi connectivity index (χ1n) is 12.5. The number of rotatable bonds is 10. The molecule has 0 atom stereocenters. The highest BCUT2D eigenvalue weighted by molar-refractivity contribution is 5.96. The van der Waals surface area contributed by atoms with Gasteiger partial charge in [-0.2, -0.15) is 0 Å². The minimum absolute atomic E-state index is 0.0200. The number of hydrogen-bond donors (Lipinski definition) is 2. The van der Waals surface area contributed by atoms with E-state index in [9.17, 15) is 9.59 Å². The predicted molar refractivity (Wildman–Crippen MR) is 141 cm³/mol. The third kappa shape index (κ3) is 5.17. The van der Waals surface area contributed by atoms with E-state index in [0.29, 0.717) is 23.2 Å². The molecule has 8 heteroatoms. The number of methoxy groups -OCH3 is 1. The molecule has 1 amide bonds. The number of pyridine rings is 2. The molecule has 0 aliphatic heterocycles. The van der Waals surface area contributed by atoms with Crippen LogP contribution in [0.1, 0.15) is 60.5 Å². The monoisotopic (exact) mass is 487 g/mol. The Kier molecular flexibility index (Phi) is 7.83. The highest BCUT2D eigenvalue weighted by Crippen LogP contribution is 2.16. The molecule has 0 bridgehead atoms. The molecule has 0 fully saturated rings. The fourth-order valence-corrected chi connectivity index (χ4v) is 4.36. The van der Waals surface area contributed by atoms with Crippen LogP contribution in [0.3, 0.4) is 0 Å². The van der Waals surface area contributed by atoms with Crippen molar-refractivity contribution in [2.24, 2.45) is 0 Å². The Morgan fingerprint density at radius 2 is 1.83 bits per heavy atom. The lowest BCUT2D eigenvalue weighted by molar-refractivity contribution is 0.0950. The first-order chi connectivity index (χ1) is 17.4. The number of aryl methyl sites for hydroxylation is 1. The summed E-state index contributed by atoms with van der Waals surface area (Å²) in [5.74, 6) is 0.374. The van der Waals surface area contributed by atoms with E-state index in [1.54, 1.807) is 23.9 Å². The van der Waals surface area contributed by atoms with Crippen LogP contribution in [0.5, 0.6) is 5.75 Å². The second-order valence-corrected chi connectivity index (χ2v) is 9.05. The molecule has 0 unspecified atom stereocenters. The minimum Gasteiger partial charge on any atom is -0.497 e. The number of carbonyl (C=O) groups excluding carboxylic acids is 1. The third-order valence-corrected chi connectivity index (χ3v) is 6.44. The molecule has 0 aliphatic carbocycles. The fraction of sp³-hybridized carbons (Fsp3) is 0.357. The van der Waals surface area contributed by atoms with Gasteiger partial charge in [0.25, 0.3) is 11.5 Å². The van der Waals surface area contributed by atoms with Gasteiger partial charge in [0.05, 0.1) is 24.6 Å². The first-order valence-corrected chi connectivity index (χ1v) is 12.5. The number of aromatic nitrogens is 3. The number of fused-ring (bicyclic) bond motifs is 2. The lowest BCUT2D eigenvalue weighted by Gasteiger charge is -2.15. The van der Waals surface area contributed by atoms with Gasteiger partial charge in [0.15, 0.2) is 0 Å². The van der Waals surface area contributed by atoms with E-state index in [1.165, 1.54) is 16.9 Å². The number of carbonyl (C=O) groups is 1. The summed E-state index contributed by atoms with van der Waals surface area (Å²) < 4.78 is 8.39. The Morgan fingerprint density at radius 1 is 1.08 bits per heavy atom. The van der Waals surface area contributed by atoms with Gasteiger partial charge in [0.1, 0.15) is 22.5 Å². The van der Waals surface area contributed by atoms with Crippen molar-refractivity contribution in [1.82, 2.24) is 19.3 Å². The molecule has 1 aromatic carbocycles. The van der Waals surface area contributed by atoms with Gasteiger partial charge in [-0.15, -0.1) is 0 Å². The van der Waals surface area contributed by atoms with Crippen LogP contribution in [-0.2, 0) is 6.54 Å². The fourth-order valence-electron chi connectivity index (χ4n) is 4.36. The normalized spacial score (nSPS) is 11.2. The number of nitrogens with zero attached hydrogens (tertiary/aromatic N) is 3. The highest BCUT2D eigenvalue weighted by Gasteiger charge is 2.18. The zero-order valence-electron chi connectivity index (χ0n) is 21.1. The SMILES string of the molecule is CCCCCCCNC(=O)c1cc2c(=O)n3cccc(C)c3nc2n(Cc2ccc(OC)cc2)c1=N. The average Bonchev–Trinajstić information content (AvgIpc) is 2.89. The standard InChI is InChI=1S/C28H33N5O3/c1-4-5-6-7-8-15-30-27(34)22-17-23-26(31-25-19(2)10-9-16-32(25)28(23)35)33(24(22)29)18-20-11-13-21(36-3)14-12-20/h9-14,16-17,29H,4-8,15,18H2,1-3H3,(H,30,34). The summed E-state index contributed by atoms with van der Waals surface area (Å²) in [5, 5.41) is 12.2. The van der Waals surface area contributed by atoms with Gasteiger partial charge >= 0.3 is 0 Å². The van der Waals surface area contributed by atoms with E-state index in [-0.39, 0.29) is 29.1 Å². The van der Waals surface area contributed by atoms with E-state index in [1.807, 2.05) is 37.3 Å². The molecule has 0 radical (unpaired) electrons. The van der Waals surface area contributed by atoms with Gasteiger partial charge in [-0.25, -0.2) is 4.98 Å². The Morgan fingerprint density at radius 3 is 2.56 bits per heavy atom. The number of unbranched alkanes of at least 4 members (excludes halogenated alkanes) is 4. The molecular formula is C28H33N5O3. The first kappa shape index (κ1) is 25.2. The van der Waals surface area contributed by atoms with Crippen molar-refractivity contribution in [3.05, 3.63) is 81.2 Å². The van der Waals surface area contributed by atoms with Crippen LogP contribution in [0.25, 0.3) is 16.7 Å². The molecule has 8 nitrogen and oxygen atoms in total. The molecule has 0 saturated heterocycles. The van der Waals surface area contributed by atoms with Crippen molar-refractivity contribution in [3.63, 3.8) is 0 Å². The second kappa shape index (κ2) is 11.2. The molecule has 188 valence electrons. The summed E-state index contributed by atoms with van der Waals surface area (Å²) in [5.41, 5.74) is 2.58. The smallest absolute Gasteiger partial charge is 0.267 e. The predicted octanol–water partition coefficient (Wildman–Crippen LogP) is 4.19. The summed E-state index contributed by atoms with van der Waals surface area (Å²) in [4.78, 5) is 31.4. The number of ether oxygens (including phenoxy) is 1. The van der Waals surface area contributed by atoms with Gasteiger partial charge in [-0.05, 0) is 48.7 Å². The van der Waals surface area contributed by atoms with Crippen LogP contribution in [-0.4, -0.2) is 33.5 Å². The van der Waals surface area contributed by atoms with Crippen LogP contribution in [0.15, 0.2) is 53.5 Å². The molecule has 4 rings (SSSR count). The number of nitrogens with one attached hydrogen (secondary N) is 2. The van der Waals surface area contributed by atoms with Gasteiger partial charge in [-0.3, -0.25) is 19.4 Å². The summed E-state index contributed by atoms with van der Waals surface area (Å²) >= 11 is 0. The van der Waals surface area contributed by atoms with Crippen molar-refractivity contribution in [2.75, 3.05) is 13.7 Å². The van der Waals surface area contributed by atoms with Crippen LogP contribution in [0.2, 0.25) is 0 Å². The zero-order valence-corrected chi connectivity index (χ0v) is 21.1. The van der Waals surface area contributed by atoms with Crippen LogP contribution in [0.4, 0.5) is 0 Å². The van der Waals surface area contributed by atoms with Crippen LogP contribution in [0, 0.1) is 12.3 Å². The van der Waals surface area contributed by atoms with Crippen molar-refractivity contribution in [1.29, 1.82) is 5.41 Å². The number of benzene rings is 1. The lowest BCUT2D eigenvalue weighted by atomic mass is 10.1. The highest BCUT2D eigenvalue weighted by atomic mass is 16.5.